The molecule has 1 unspecified atom stereocenters. The van der Waals surface area contributed by atoms with E-state index in [1.165, 1.54) is 37.5 Å². The average Bonchev–Trinajstić information content (AvgIpc) is 3.41. The smallest absolute Gasteiger partial charge is 0.259 e. The molecule has 1 aliphatic heterocycles. The van der Waals surface area contributed by atoms with Gasteiger partial charge in [0, 0.05) is 17.4 Å². The summed E-state index contributed by atoms with van der Waals surface area (Å²) in [6, 6.07) is 4.93. The highest BCUT2D eigenvalue weighted by Crippen LogP contribution is 2.31. The van der Waals surface area contributed by atoms with Crippen LogP contribution in [0.4, 0.5) is 15.8 Å². The zero-order chi connectivity index (χ0) is 22.7. The van der Waals surface area contributed by atoms with E-state index in [9.17, 15) is 14.0 Å². The summed E-state index contributed by atoms with van der Waals surface area (Å²) in [7, 11) is 0. The van der Waals surface area contributed by atoms with Gasteiger partial charge in [-0.3, -0.25) is 19.2 Å². The van der Waals surface area contributed by atoms with Crippen molar-refractivity contribution in [1.82, 2.24) is 14.7 Å². The van der Waals surface area contributed by atoms with E-state index in [-0.39, 0.29) is 11.6 Å². The Morgan fingerprint density at radius 2 is 1.88 bits per heavy atom. The Kier molecular flexibility index (Phi) is 6.89. The highest BCUT2D eigenvalue weighted by molar-refractivity contribution is 6.05. The van der Waals surface area contributed by atoms with Gasteiger partial charge in [0.15, 0.2) is 0 Å². The van der Waals surface area contributed by atoms with Crippen LogP contribution in [-0.4, -0.2) is 45.6 Å². The first kappa shape index (κ1) is 22.5. The standard InChI is InChI=1S/C24H32FN5O2/c1-16-7-5-6-12-29(16)15-23(31)27-18-10-11-21(25)22(13-18)28-24(32)20-14-26-30(17(20)2)19-8-3-4-9-19/h10-11,13-14,16,19H,3-9,12,15H2,1-2H3,(H,27,31)(H,28,32). The number of aromatic nitrogens is 2. The van der Waals surface area contributed by atoms with Crippen molar-refractivity contribution in [3.05, 3.63) is 41.5 Å². The SMILES string of the molecule is Cc1c(C(=O)Nc2cc(NC(=O)CN3CCCCC3C)ccc2F)cnn1C1CCCC1. The Hall–Kier alpha value is -2.74. The number of amides is 2. The maximum absolute atomic E-state index is 14.4. The first-order chi connectivity index (χ1) is 15.4. The summed E-state index contributed by atoms with van der Waals surface area (Å²) in [6.07, 6.45) is 9.41. The van der Waals surface area contributed by atoms with E-state index in [1.54, 1.807) is 6.20 Å². The lowest BCUT2D eigenvalue weighted by Gasteiger charge is -2.32. The number of anilines is 2. The number of piperidine rings is 1. The van der Waals surface area contributed by atoms with Crippen LogP contribution in [0.1, 0.15) is 74.0 Å². The molecule has 1 aromatic carbocycles. The van der Waals surface area contributed by atoms with E-state index >= 15 is 0 Å². The number of hydrogen-bond donors (Lipinski definition) is 2. The number of nitrogens with one attached hydrogen (secondary N) is 2. The number of nitrogens with zero attached hydrogens (tertiary/aromatic N) is 3. The molecule has 2 amide bonds. The van der Waals surface area contributed by atoms with Crippen molar-refractivity contribution in [2.24, 2.45) is 0 Å². The number of carbonyl (C=O) groups is 2. The maximum atomic E-state index is 14.4. The minimum absolute atomic E-state index is 0.0344. The van der Waals surface area contributed by atoms with Crippen molar-refractivity contribution < 1.29 is 14.0 Å². The predicted octanol–water partition coefficient (Wildman–Crippen LogP) is 4.51. The van der Waals surface area contributed by atoms with Crippen LogP contribution in [0.25, 0.3) is 0 Å². The molecule has 1 atom stereocenters. The zero-order valence-electron chi connectivity index (χ0n) is 18.9. The predicted molar refractivity (Wildman–Crippen MR) is 122 cm³/mol. The molecular weight excluding hydrogens is 409 g/mol. The number of hydrogen-bond acceptors (Lipinski definition) is 4. The Balaban J connectivity index is 1.41. The van der Waals surface area contributed by atoms with Crippen molar-refractivity contribution in [2.75, 3.05) is 23.7 Å². The van der Waals surface area contributed by atoms with Gasteiger partial charge < -0.3 is 10.6 Å². The number of likely N-dealkylation sites (tertiary alicyclic amines) is 1. The van der Waals surface area contributed by atoms with Gasteiger partial charge in [0.25, 0.3) is 5.91 Å². The summed E-state index contributed by atoms with van der Waals surface area (Å²) in [5.41, 5.74) is 1.71. The molecule has 8 heteroatoms. The molecule has 2 heterocycles. The molecule has 1 aliphatic carbocycles. The van der Waals surface area contributed by atoms with Crippen LogP contribution in [0.2, 0.25) is 0 Å². The van der Waals surface area contributed by atoms with Crippen LogP contribution in [0.3, 0.4) is 0 Å². The van der Waals surface area contributed by atoms with E-state index < -0.39 is 11.7 Å². The molecule has 1 aromatic heterocycles. The molecule has 1 saturated heterocycles. The van der Waals surface area contributed by atoms with Crippen LogP contribution in [0.5, 0.6) is 0 Å². The fourth-order valence-corrected chi connectivity index (χ4v) is 4.83. The lowest BCUT2D eigenvalue weighted by Crippen LogP contribution is -2.42. The Morgan fingerprint density at radius 1 is 1.12 bits per heavy atom. The van der Waals surface area contributed by atoms with E-state index in [0.29, 0.717) is 29.9 Å². The number of benzene rings is 1. The van der Waals surface area contributed by atoms with E-state index in [4.69, 9.17) is 0 Å². The molecule has 32 heavy (non-hydrogen) atoms. The van der Waals surface area contributed by atoms with Gasteiger partial charge in [-0.2, -0.15) is 5.10 Å². The van der Waals surface area contributed by atoms with Crippen LogP contribution in [0.15, 0.2) is 24.4 Å². The molecule has 4 rings (SSSR count). The van der Waals surface area contributed by atoms with Gasteiger partial charge in [-0.25, -0.2) is 4.39 Å². The first-order valence-electron chi connectivity index (χ1n) is 11.6. The number of carbonyl (C=O) groups excluding carboxylic acids is 2. The van der Waals surface area contributed by atoms with Crippen molar-refractivity contribution in [3.8, 4) is 0 Å². The third-order valence-corrected chi connectivity index (χ3v) is 6.75. The second-order valence-electron chi connectivity index (χ2n) is 9.04. The Labute approximate surface area is 188 Å². The zero-order valence-corrected chi connectivity index (χ0v) is 18.9. The molecule has 0 bridgehead atoms. The fourth-order valence-electron chi connectivity index (χ4n) is 4.83. The van der Waals surface area contributed by atoms with Gasteiger partial charge in [0.05, 0.1) is 30.0 Å². The highest BCUT2D eigenvalue weighted by atomic mass is 19.1. The normalized spacial score (nSPS) is 19.8. The van der Waals surface area contributed by atoms with Gasteiger partial charge in [-0.05, 0) is 64.3 Å². The summed E-state index contributed by atoms with van der Waals surface area (Å²) < 4.78 is 16.3. The Morgan fingerprint density at radius 3 is 2.62 bits per heavy atom. The molecule has 7 nitrogen and oxygen atoms in total. The van der Waals surface area contributed by atoms with Crippen LogP contribution in [-0.2, 0) is 4.79 Å². The van der Waals surface area contributed by atoms with Gasteiger partial charge in [0.1, 0.15) is 5.82 Å². The number of rotatable bonds is 6. The van der Waals surface area contributed by atoms with E-state index in [2.05, 4.69) is 27.6 Å². The van der Waals surface area contributed by atoms with Gasteiger partial charge in [-0.1, -0.05) is 19.3 Å². The maximum Gasteiger partial charge on any atom is 0.259 e. The lowest BCUT2D eigenvalue weighted by atomic mass is 10.0. The van der Waals surface area contributed by atoms with Crippen molar-refractivity contribution >= 4 is 23.2 Å². The summed E-state index contributed by atoms with van der Waals surface area (Å²) in [5.74, 6) is -1.10. The molecule has 2 fully saturated rings. The molecule has 2 aliphatic rings. The quantitative estimate of drug-likeness (QED) is 0.691. The van der Waals surface area contributed by atoms with Crippen LogP contribution < -0.4 is 10.6 Å². The van der Waals surface area contributed by atoms with Gasteiger partial charge in [0.2, 0.25) is 5.91 Å². The largest absolute Gasteiger partial charge is 0.325 e. The van der Waals surface area contributed by atoms with Crippen molar-refractivity contribution in [1.29, 1.82) is 0 Å². The molecule has 0 spiro atoms. The van der Waals surface area contributed by atoms with Gasteiger partial charge >= 0.3 is 0 Å². The molecule has 172 valence electrons. The molecule has 0 radical (unpaired) electrons. The Bertz CT molecular complexity index is 983. The minimum Gasteiger partial charge on any atom is -0.325 e. The topological polar surface area (TPSA) is 79.3 Å². The average molecular weight is 442 g/mol. The summed E-state index contributed by atoms with van der Waals surface area (Å²) >= 11 is 0. The van der Waals surface area contributed by atoms with E-state index in [0.717, 1.165) is 37.9 Å². The second kappa shape index (κ2) is 9.81. The van der Waals surface area contributed by atoms with Gasteiger partial charge in [-0.15, -0.1) is 0 Å². The summed E-state index contributed by atoms with van der Waals surface area (Å²) in [6.45, 7) is 5.22. The summed E-state index contributed by atoms with van der Waals surface area (Å²) in [5, 5.41) is 9.87. The number of halogens is 1. The molecule has 2 N–H and O–H groups in total. The lowest BCUT2D eigenvalue weighted by molar-refractivity contribution is -0.118. The highest BCUT2D eigenvalue weighted by Gasteiger charge is 2.24. The minimum atomic E-state index is -0.554. The molecular formula is C24H32FN5O2. The molecule has 1 saturated carbocycles. The van der Waals surface area contributed by atoms with Crippen molar-refractivity contribution in [2.45, 2.75) is 70.9 Å². The molecule has 2 aromatic rings. The first-order valence-corrected chi connectivity index (χ1v) is 11.6. The monoisotopic (exact) mass is 441 g/mol. The second-order valence-corrected chi connectivity index (χ2v) is 9.04. The van der Waals surface area contributed by atoms with Crippen molar-refractivity contribution in [3.63, 3.8) is 0 Å². The fraction of sp³-hybridized carbons (Fsp3) is 0.542. The third kappa shape index (κ3) is 5.01. The van der Waals surface area contributed by atoms with Crippen LogP contribution >= 0.6 is 0 Å². The third-order valence-electron chi connectivity index (χ3n) is 6.75. The summed E-state index contributed by atoms with van der Waals surface area (Å²) in [4.78, 5) is 27.5. The van der Waals surface area contributed by atoms with Crippen LogP contribution in [0, 0.1) is 12.7 Å². The van der Waals surface area contributed by atoms with E-state index in [1.807, 2.05) is 11.6 Å².